The summed E-state index contributed by atoms with van der Waals surface area (Å²) in [5.41, 5.74) is 3.90. The molecular formula is C21H20N6O3. The third kappa shape index (κ3) is 3.86. The summed E-state index contributed by atoms with van der Waals surface area (Å²) < 4.78 is 5.91. The first-order valence-corrected chi connectivity index (χ1v) is 9.19. The highest BCUT2D eigenvalue weighted by molar-refractivity contribution is 5.94. The van der Waals surface area contributed by atoms with Crippen LogP contribution in [0.5, 0.6) is 11.5 Å². The van der Waals surface area contributed by atoms with Gasteiger partial charge in [-0.15, -0.1) is 0 Å². The van der Waals surface area contributed by atoms with Gasteiger partial charge in [-0.2, -0.15) is 0 Å². The number of nitrogens with one attached hydrogen (secondary N) is 2. The van der Waals surface area contributed by atoms with Crippen LogP contribution in [0, 0.1) is 13.8 Å². The van der Waals surface area contributed by atoms with E-state index in [2.05, 4.69) is 25.3 Å². The van der Waals surface area contributed by atoms with Crippen LogP contribution in [-0.2, 0) is 0 Å². The third-order valence-electron chi connectivity index (χ3n) is 4.60. The lowest BCUT2D eigenvalue weighted by Gasteiger charge is -2.12. The maximum atomic E-state index is 11.2. The topological polar surface area (TPSA) is 116 Å². The van der Waals surface area contributed by atoms with Crippen LogP contribution in [0.15, 0.2) is 48.9 Å². The molecule has 0 aliphatic carbocycles. The lowest BCUT2D eigenvalue weighted by atomic mass is 10.2. The highest BCUT2D eigenvalue weighted by Crippen LogP contribution is 2.30. The number of amides is 1. The minimum atomic E-state index is -1.07. The Morgan fingerprint density at radius 2 is 1.97 bits per heavy atom. The summed E-state index contributed by atoms with van der Waals surface area (Å²) in [5, 5.41) is 12.4. The van der Waals surface area contributed by atoms with E-state index in [4.69, 9.17) is 4.74 Å². The summed E-state index contributed by atoms with van der Waals surface area (Å²) in [6, 6.07) is 11.1. The minimum Gasteiger partial charge on any atom is -0.465 e. The van der Waals surface area contributed by atoms with E-state index >= 15 is 0 Å². The van der Waals surface area contributed by atoms with Crippen molar-refractivity contribution < 1.29 is 14.6 Å². The number of hydrogen-bond donors (Lipinski definition) is 3. The van der Waals surface area contributed by atoms with Gasteiger partial charge in [0, 0.05) is 24.5 Å². The minimum absolute atomic E-state index is 0.410. The molecule has 9 nitrogen and oxygen atoms in total. The number of benzene rings is 1. The van der Waals surface area contributed by atoms with E-state index in [0.717, 1.165) is 27.6 Å². The molecule has 3 aromatic heterocycles. The number of anilines is 3. The Labute approximate surface area is 172 Å². The van der Waals surface area contributed by atoms with Crippen molar-refractivity contribution in [2.45, 2.75) is 13.8 Å². The molecule has 4 aromatic rings. The Morgan fingerprint density at radius 1 is 1.13 bits per heavy atom. The van der Waals surface area contributed by atoms with Crippen LogP contribution in [0.1, 0.15) is 11.3 Å². The molecule has 4 rings (SSSR count). The van der Waals surface area contributed by atoms with Gasteiger partial charge in [0.1, 0.15) is 29.2 Å². The smallest absolute Gasteiger partial charge is 0.412 e. The second-order valence-corrected chi connectivity index (χ2v) is 6.82. The van der Waals surface area contributed by atoms with Crippen molar-refractivity contribution >= 4 is 34.4 Å². The number of nitrogens with zero attached hydrogens (tertiary/aromatic N) is 4. The highest BCUT2D eigenvalue weighted by atomic mass is 16.5. The van der Waals surface area contributed by atoms with Crippen LogP contribution in [0.4, 0.5) is 22.1 Å². The number of hydrogen-bond acceptors (Lipinski definition) is 6. The van der Waals surface area contributed by atoms with Gasteiger partial charge < -0.3 is 20.1 Å². The van der Waals surface area contributed by atoms with Gasteiger partial charge in [0.25, 0.3) is 0 Å². The Morgan fingerprint density at radius 3 is 2.67 bits per heavy atom. The van der Waals surface area contributed by atoms with Crippen LogP contribution in [0.3, 0.4) is 0 Å². The Balaban J connectivity index is 1.58. The maximum absolute atomic E-state index is 11.2. The number of aryl methyl sites for hydroxylation is 2. The monoisotopic (exact) mass is 404 g/mol. The number of rotatable bonds is 5. The van der Waals surface area contributed by atoms with Gasteiger partial charge in [0.2, 0.25) is 0 Å². The van der Waals surface area contributed by atoms with Crippen molar-refractivity contribution in [3.63, 3.8) is 0 Å². The Kier molecular flexibility index (Phi) is 4.93. The third-order valence-corrected chi connectivity index (χ3v) is 4.60. The van der Waals surface area contributed by atoms with Gasteiger partial charge in [-0.1, -0.05) is 0 Å². The molecule has 0 aliphatic rings. The zero-order valence-corrected chi connectivity index (χ0v) is 16.7. The zero-order chi connectivity index (χ0) is 21.3. The first kappa shape index (κ1) is 19.2. The molecule has 9 heteroatoms. The molecule has 0 atom stereocenters. The summed E-state index contributed by atoms with van der Waals surface area (Å²) in [4.78, 5) is 28.1. The summed E-state index contributed by atoms with van der Waals surface area (Å²) >= 11 is 0. The molecule has 0 fully saturated rings. The van der Waals surface area contributed by atoms with Gasteiger partial charge in [-0.3, -0.25) is 9.88 Å². The quantitative estimate of drug-likeness (QED) is 0.444. The fraction of sp³-hybridized carbons (Fsp3) is 0.143. The number of H-pyrrole nitrogens is 1. The molecule has 3 N–H and O–H groups in total. The highest BCUT2D eigenvalue weighted by Gasteiger charge is 2.15. The van der Waals surface area contributed by atoms with Crippen LogP contribution < -0.4 is 15.0 Å². The number of fused-ring (bicyclic) bond motifs is 1. The first-order valence-electron chi connectivity index (χ1n) is 9.19. The van der Waals surface area contributed by atoms with Gasteiger partial charge in [-0.05, 0) is 49.7 Å². The fourth-order valence-electron chi connectivity index (χ4n) is 2.92. The second kappa shape index (κ2) is 7.70. The molecule has 0 radical (unpaired) electrons. The van der Waals surface area contributed by atoms with Gasteiger partial charge in [-0.25, -0.2) is 14.8 Å². The molecule has 0 bridgehead atoms. The maximum Gasteiger partial charge on any atom is 0.412 e. The molecule has 0 aliphatic heterocycles. The number of aromatic nitrogens is 4. The van der Waals surface area contributed by atoms with Crippen molar-refractivity contribution in [3.05, 3.63) is 60.2 Å². The predicted molar refractivity (Wildman–Crippen MR) is 114 cm³/mol. The average molecular weight is 404 g/mol. The van der Waals surface area contributed by atoms with Crippen molar-refractivity contribution in [1.29, 1.82) is 0 Å². The van der Waals surface area contributed by atoms with Crippen LogP contribution >= 0.6 is 0 Å². The van der Waals surface area contributed by atoms with Crippen LogP contribution in [-0.4, -0.2) is 38.2 Å². The normalized spacial score (nSPS) is 10.8. The van der Waals surface area contributed by atoms with E-state index in [1.165, 1.54) is 13.4 Å². The van der Waals surface area contributed by atoms with Crippen LogP contribution in [0.2, 0.25) is 0 Å². The number of carboxylic acid groups (broad SMARTS) is 1. The second-order valence-electron chi connectivity index (χ2n) is 6.82. The van der Waals surface area contributed by atoms with E-state index in [0.29, 0.717) is 28.4 Å². The van der Waals surface area contributed by atoms with Crippen molar-refractivity contribution in [1.82, 2.24) is 19.9 Å². The van der Waals surface area contributed by atoms with Gasteiger partial charge >= 0.3 is 6.09 Å². The molecule has 0 unspecified atom stereocenters. The van der Waals surface area contributed by atoms with Gasteiger partial charge in [0.15, 0.2) is 5.82 Å². The Hall–Kier alpha value is -4.14. The molecule has 30 heavy (non-hydrogen) atoms. The standard InChI is InChI=1S/C21H20N6O3/c1-12-8-14(5-7-17(12)30-15-6-4-13(2)22-10-15)25-20-19-16(23-11-24-20)9-18(26-19)27(3)21(28)29/h4-11,26H,1-3H3,(H,28,29)(H,23,24,25). The zero-order valence-electron chi connectivity index (χ0n) is 16.7. The number of carbonyl (C=O) groups is 1. The fourth-order valence-corrected chi connectivity index (χ4v) is 2.92. The molecule has 0 saturated heterocycles. The Bertz CT molecular complexity index is 1220. The lowest BCUT2D eigenvalue weighted by molar-refractivity contribution is 0.203. The largest absolute Gasteiger partial charge is 0.465 e. The SMILES string of the molecule is Cc1ccc(Oc2ccc(Nc3ncnc4cc(N(C)C(=O)O)[nH]c34)cc2C)cn1. The van der Waals surface area contributed by atoms with E-state index in [-0.39, 0.29) is 0 Å². The number of pyridine rings is 1. The van der Waals surface area contributed by atoms with Crippen molar-refractivity contribution in [3.8, 4) is 11.5 Å². The van der Waals surface area contributed by atoms with E-state index in [9.17, 15) is 9.90 Å². The van der Waals surface area contributed by atoms with Crippen molar-refractivity contribution in [2.75, 3.05) is 17.3 Å². The molecule has 1 amide bonds. The summed E-state index contributed by atoms with van der Waals surface area (Å²) in [6.07, 6.45) is 2.05. The first-order chi connectivity index (χ1) is 14.4. The molecule has 1 aromatic carbocycles. The predicted octanol–water partition coefficient (Wildman–Crippen LogP) is 4.62. The summed E-state index contributed by atoms with van der Waals surface area (Å²) in [5.74, 6) is 2.35. The van der Waals surface area contributed by atoms with Gasteiger partial charge in [0.05, 0.1) is 11.7 Å². The number of ether oxygens (including phenoxy) is 1. The molecule has 0 saturated carbocycles. The molecule has 0 spiro atoms. The summed E-state index contributed by atoms with van der Waals surface area (Å²) in [7, 11) is 1.46. The lowest BCUT2D eigenvalue weighted by Crippen LogP contribution is -2.23. The van der Waals surface area contributed by atoms with Crippen molar-refractivity contribution in [2.24, 2.45) is 0 Å². The molecular weight excluding hydrogens is 384 g/mol. The number of aromatic amines is 1. The van der Waals surface area contributed by atoms with E-state index in [1.807, 2.05) is 44.2 Å². The summed E-state index contributed by atoms with van der Waals surface area (Å²) in [6.45, 7) is 3.87. The van der Waals surface area contributed by atoms with Crippen LogP contribution in [0.25, 0.3) is 11.0 Å². The van der Waals surface area contributed by atoms with E-state index in [1.54, 1.807) is 12.3 Å². The molecule has 152 valence electrons. The molecule has 3 heterocycles. The van der Waals surface area contributed by atoms with E-state index < -0.39 is 6.09 Å². The average Bonchev–Trinajstić information content (AvgIpc) is 3.16.